The van der Waals surface area contributed by atoms with Crippen LogP contribution >= 0.6 is 0 Å². The zero-order chi connectivity index (χ0) is 19.9. The highest BCUT2D eigenvalue weighted by Gasteiger charge is 2.15. The number of benzene rings is 2. The summed E-state index contributed by atoms with van der Waals surface area (Å²) < 4.78 is 10.2. The Kier molecular flexibility index (Phi) is 6.82. The first-order valence-electron chi connectivity index (χ1n) is 9.73. The van der Waals surface area contributed by atoms with E-state index in [1.807, 2.05) is 6.92 Å². The molecule has 0 radical (unpaired) electrons. The molecule has 28 heavy (non-hydrogen) atoms. The second kappa shape index (κ2) is 9.51. The minimum atomic E-state index is -0.513. The average molecular weight is 381 g/mol. The van der Waals surface area contributed by atoms with E-state index in [1.165, 1.54) is 24.0 Å². The van der Waals surface area contributed by atoms with Crippen LogP contribution in [0.25, 0.3) is 0 Å². The minimum absolute atomic E-state index is 0.133. The first-order chi connectivity index (χ1) is 13.6. The number of nitrogens with one attached hydrogen (secondary N) is 1. The van der Waals surface area contributed by atoms with Gasteiger partial charge in [-0.3, -0.25) is 4.79 Å². The predicted octanol–water partition coefficient (Wildman–Crippen LogP) is 3.75. The van der Waals surface area contributed by atoms with Gasteiger partial charge in [0.15, 0.2) is 6.61 Å². The van der Waals surface area contributed by atoms with Gasteiger partial charge in [-0.05, 0) is 67.0 Å². The second-order valence-electron chi connectivity index (χ2n) is 7.23. The van der Waals surface area contributed by atoms with Crippen LogP contribution in [-0.4, -0.2) is 25.6 Å². The van der Waals surface area contributed by atoms with Crippen LogP contribution in [0, 0.1) is 0 Å². The highest BCUT2D eigenvalue weighted by Crippen LogP contribution is 2.24. The van der Waals surface area contributed by atoms with Crippen molar-refractivity contribution in [3.8, 4) is 0 Å². The number of carbonyl (C=O) groups is 2. The van der Waals surface area contributed by atoms with Crippen LogP contribution in [0.2, 0.25) is 0 Å². The summed E-state index contributed by atoms with van der Waals surface area (Å²) >= 11 is 0. The van der Waals surface area contributed by atoms with E-state index in [2.05, 4.69) is 23.5 Å². The summed E-state index contributed by atoms with van der Waals surface area (Å²) in [6.45, 7) is 2.13. The Bertz CT molecular complexity index is 829. The molecule has 2 aromatic carbocycles. The molecule has 1 aliphatic rings. The van der Waals surface area contributed by atoms with E-state index in [4.69, 9.17) is 9.47 Å². The molecule has 0 fully saturated rings. The van der Waals surface area contributed by atoms with E-state index in [1.54, 1.807) is 31.4 Å². The van der Waals surface area contributed by atoms with Gasteiger partial charge in [-0.2, -0.15) is 0 Å². The van der Waals surface area contributed by atoms with Gasteiger partial charge in [0.2, 0.25) is 0 Å². The van der Waals surface area contributed by atoms with Gasteiger partial charge in [0.05, 0.1) is 18.2 Å². The largest absolute Gasteiger partial charge is 0.452 e. The first-order valence-corrected chi connectivity index (χ1v) is 9.73. The third-order valence-corrected chi connectivity index (χ3v) is 5.09. The van der Waals surface area contributed by atoms with Crippen molar-refractivity contribution in [2.45, 2.75) is 45.3 Å². The van der Waals surface area contributed by atoms with Gasteiger partial charge in [-0.25, -0.2) is 4.79 Å². The third-order valence-electron chi connectivity index (χ3n) is 5.09. The van der Waals surface area contributed by atoms with Crippen LogP contribution in [0.5, 0.6) is 0 Å². The van der Waals surface area contributed by atoms with Gasteiger partial charge in [0.25, 0.3) is 5.91 Å². The number of fused-ring (bicyclic) bond motifs is 1. The highest BCUT2D eigenvalue weighted by molar-refractivity contribution is 5.91. The molecule has 5 heteroatoms. The SMILES string of the molecule is COCc1ccc(C(=O)OCC(=O)NC(C)c2ccc3c(c2)CCCC3)cc1. The Balaban J connectivity index is 1.50. The van der Waals surface area contributed by atoms with Crippen molar-refractivity contribution < 1.29 is 19.1 Å². The lowest BCUT2D eigenvalue weighted by Crippen LogP contribution is -2.31. The topological polar surface area (TPSA) is 64.6 Å². The number of hydrogen-bond acceptors (Lipinski definition) is 4. The summed E-state index contributed by atoms with van der Waals surface area (Å²) in [4.78, 5) is 24.3. The molecule has 2 aromatic rings. The Morgan fingerprint density at radius 3 is 2.46 bits per heavy atom. The molecule has 3 rings (SSSR count). The highest BCUT2D eigenvalue weighted by atomic mass is 16.5. The van der Waals surface area contributed by atoms with Crippen molar-refractivity contribution in [2.24, 2.45) is 0 Å². The number of aryl methyl sites for hydroxylation is 2. The van der Waals surface area contributed by atoms with Gasteiger partial charge in [0.1, 0.15) is 0 Å². The van der Waals surface area contributed by atoms with Crippen LogP contribution in [0.3, 0.4) is 0 Å². The van der Waals surface area contributed by atoms with Crippen molar-refractivity contribution in [1.82, 2.24) is 5.32 Å². The van der Waals surface area contributed by atoms with E-state index < -0.39 is 5.97 Å². The number of ether oxygens (including phenoxy) is 2. The summed E-state index contributed by atoms with van der Waals surface area (Å²) in [5.74, 6) is -0.824. The van der Waals surface area contributed by atoms with Crippen LogP contribution in [0.15, 0.2) is 42.5 Å². The van der Waals surface area contributed by atoms with Crippen molar-refractivity contribution in [3.05, 3.63) is 70.3 Å². The van der Waals surface area contributed by atoms with Crippen LogP contribution in [0.1, 0.15) is 58.4 Å². The summed E-state index contributed by atoms with van der Waals surface area (Å²) in [6.07, 6.45) is 4.71. The van der Waals surface area contributed by atoms with Crippen molar-refractivity contribution in [1.29, 1.82) is 0 Å². The Morgan fingerprint density at radius 1 is 1.04 bits per heavy atom. The number of methoxy groups -OCH3 is 1. The van der Waals surface area contributed by atoms with E-state index in [9.17, 15) is 9.59 Å². The maximum absolute atomic E-state index is 12.2. The zero-order valence-electron chi connectivity index (χ0n) is 16.5. The molecular weight excluding hydrogens is 354 g/mol. The number of hydrogen-bond donors (Lipinski definition) is 1. The average Bonchev–Trinajstić information content (AvgIpc) is 2.72. The third kappa shape index (κ3) is 5.20. The predicted molar refractivity (Wildman–Crippen MR) is 107 cm³/mol. The lowest BCUT2D eigenvalue weighted by atomic mass is 9.89. The van der Waals surface area contributed by atoms with E-state index >= 15 is 0 Å². The second-order valence-corrected chi connectivity index (χ2v) is 7.23. The Morgan fingerprint density at radius 2 is 1.75 bits per heavy atom. The van der Waals surface area contributed by atoms with Crippen molar-refractivity contribution >= 4 is 11.9 Å². The zero-order valence-corrected chi connectivity index (χ0v) is 16.5. The Labute approximate surface area is 166 Å². The molecule has 1 unspecified atom stereocenters. The lowest BCUT2D eigenvalue weighted by molar-refractivity contribution is -0.124. The molecule has 0 saturated carbocycles. The molecule has 5 nitrogen and oxygen atoms in total. The summed E-state index contributed by atoms with van der Waals surface area (Å²) in [5, 5.41) is 2.90. The lowest BCUT2D eigenvalue weighted by Gasteiger charge is -2.20. The summed E-state index contributed by atoms with van der Waals surface area (Å²) in [6, 6.07) is 13.2. The summed E-state index contributed by atoms with van der Waals surface area (Å²) in [5.41, 5.74) is 5.26. The molecule has 0 saturated heterocycles. The van der Waals surface area contributed by atoms with Crippen LogP contribution in [-0.2, 0) is 33.7 Å². The van der Waals surface area contributed by atoms with E-state index in [0.717, 1.165) is 24.0 Å². The summed E-state index contributed by atoms with van der Waals surface area (Å²) in [7, 11) is 1.62. The fourth-order valence-corrected chi connectivity index (χ4v) is 3.51. The number of amides is 1. The molecular formula is C23H27NO4. The molecule has 0 spiro atoms. The van der Waals surface area contributed by atoms with E-state index in [-0.39, 0.29) is 18.6 Å². The first kappa shape index (κ1) is 20.1. The standard InChI is InChI=1S/C23H27NO4/c1-16(20-12-11-18-5-3-4-6-21(18)13-20)24-22(25)15-28-23(26)19-9-7-17(8-10-19)14-27-2/h7-13,16H,3-6,14-15H2,1-2H3,(H,24,25). The normalized spacial score (nSPS) is 14.1. The maximum Gasteiger partial charge on any atom is 0.338 e. The maximum atomic E-state index is 12.2. The monoisotopic (exact) mass is 381 g/mol. The smallest absolute Gasteiger partial charge is 0.338 e. The molecule has 1 atom stereocenters. The van der Waals surface area contributed by atoms with Crippen LogP contribution < -0.4 is 5.32 Å². The van der Waals surface area contributed by atoms with Gasteiger partial charge >= 0.3 is 5.97 Å². The van der Waals surface area contributed by atoms with Crippen molar-refractivity contribution in [3.63, 3.8) is 0 Å². The molecule has 0 aromatic heterocycles. The molecule has 0 bridgehead atoms. The Hall–Kier alpha value is -2.66. The molecule has 148 valence electrons. The van der Waals surface area contributed by atoms with Gasteiger partial charge in [-0.1, -0.05) is 30.3 Å². The number of rotatable bonds is 7. The number of esters is 1. The fourth-order valence-electron chi connectivity index (χ4n) is 3.51. The number of carbonyl (C=O) groups excluding carboxylic acids is 2. The van der Waals surface area contributed by atoms with Gasteiger partial charge < -0.3 is 14.8 Å². The minimum Gasteiger partial charge on any atom is -0.452 e. The molecule has 0 heterocycles. The molecule has 0 aliphatic heterocycles. The molecule has 1 aliphatic carbocycles. The molecule has 1 amide bonds. The fraction of sp³-hybridized carbons (Fsp3) is 0.391. The quantitative estimate of drug-likeness (QED) is 0.742. The van der Waals surface area contributed by atoms with Crippen molar-refractivity contribution in [2.75, 3.05) is 13.7 Å². The van der Waals surface area contributed by atoms with Gasteiger partial charge in [0, 0.05) is 7.11 Å². The molecule has 1 N–H and O–H groups in total. The van der Waals surface area contributed by atoms with Crippen LogP contribution in [0.4, 0.5) is 0 Å². The van der Waals surface area contributed by atoms with Gasteiger partial charge in [-0.15, -0.1) is 0 Å². The van der Waals surface area contributed by atoms with E-state index in [0.29, 0.717) is 12.2 Å².